The highest BCUT2D eigenvalue weighted by atomic mass is 32.1. The second-order valence-electron chi connectivity index (χ2n) is 6.31. The summed E-state index contributed by atoms with van der Waals surface area (Å²) in [7, 11) is 0. The number of amides is 2. The molecule has 0 spiro atoms. The summed E-state index contributed by atoms with van der Waals surface area (Å²) < 4.78 is 5.23. The van der Waals surface area contributed by atoms with E-state index in [1.54, 1.807) is 11.3 Å². The predicted octanol–water partition coefficient (Wildman–Crippen LogP) is 2.61. The van der Waals surface area contributed by atoms with Gasteiger partial charge in [0.15, 0.2) is 0 Å². The van der Waals surface area contributed by atoms with Crippen molar-refractivity contribution >= 4 is 23.2 Å². The fourth-order valence-electron chi connectivity index (χ4n) is 3.19. The number of nitrogens with zero attached hydrogens (tertiary/aromatic N) is 1. The van der Waals surface area contributed by atoms with E-state index in [1.807, 2.05) is 11.8 Å². The van der Waals surface area contributed by atoms with Crippen LogP contribution in [0.2, 0.25) is 0 Å². The second-order valence-corrected chi connectivity index (χ2v) is 7.31. The number of fused-ring (bicyclic) bond motifs is 1. The van der Waals surface area contributed by atoms with Gasteiger partial charge in [0.1, 0.15) is 6.04 Å². The first-order chi connectivity index (χ1) is 11.7. The molecular weight excluding hydrogens is 324 g/mol. The number of thiophene rings is 1. The quantitative estimate of drug-likeness (QED) is 0.890. The van der Waals surface area contributed by atoms with Gasteiger partial charge in [0.25, 0.3) is 5.91 Å². The van der Waals surface area contributed by atoms with Crippen LogP contribution in [-0.4, -0.2) is 35.9 Å². The summed E-state index contributed by atoms with van der Waals surface area (Å²) in [6, 6.07) is 1.64. The smallest absolute Gasteiger partial charge is 0.250 e. The van der Waals surface area contributed by atoms with Gasteiger partial charge in [-0.3, -0.25) is 9.59 Å². The number of hydrogen-bond donors (Lipinski definition) is 1. The van der Waals surface area contributed by atoms with Crippen molar-refractivity contribution in [2.24, 2.45) is 0 Å². The maximum atomic E-state index is 12.9. The standard InChI is InChI=1S/C18H24N2O3S/c1-2-4-15(19-17(21)14-5-3-9-23-12-14)18(22)20-8-6-16-13(11-20)7-10-24-16/h7,10,12,15H,2-6,8-9,11H2,1H3,(H,19,21)/t15-/m1/s1. The Balaban J connectivity index is 1.65. The zero-order chi connectivity index (χ0) is 16.9. The van der Waals surface area contributed by atoms with E-state index in [0.29, 0.717) is 31.6 Å². The lowest BCUT2D eigenvalue weighted by Crippen LogP contribution is -2.50. The van der Waals surface area contributed by atoms with Gasteiger partial charge in [0, 0.05) is 18.0 Å². The predicted molar refractivity (Wildman–Crippen MR) is 93.5 cm³/mol. The van der Waals surface area contributed by atoms with E-state index in [-0.39, 0.29) is 11.8 Å². The zero-order valence-corrected chi connectivity index (χ0v) is 14.9. The third-order valence-electron chi connectivity index (χ3n) is 4.53. The molecule has 3 rings (SSSR count). The maximum absolute atomic E-state index is 12.9. The Bertz CT molecular complexity index is 638. The number of nitrogens with one attached hydrogen (secondary N) is 1. The fraction of sp³-hybridized carbons (Fsp3) is 0.556. The molecule has 0 fully saturated rings. The van der Waals surface area contributed by atoms with E-state index >= 15 is 0 Å². The molecule has 130 valence electrons. The van der Waals surface area contributed by atoms with Crippen molar-refractivity contribution in [3.63, 3.8) is 0 Å². The van der Waals surface area contributed by atoms with E-state index in [1.165, 1.54) is 16.7 Å². The van der Waals surface area contributed by atoms with Gasteiger partial charge in [-0.15, -0.1) is 11.3 Å². The summed E-state index contributed by atoms with van der Waals surface area (Å²) in [6.07, 6.45) is 5.50. The topological polar surface area (TPSA) is 58.6 Å². The zero-order valence-electron chi connectivity index (χ0n) is 14.0. The minimum atomic E-state index is -0.453. The molecule has 0 aromatic carbocycles. The Labute approximate surface area is 146 Å². The Kier molecular flexibility index (Phi) is 5.56. The molecular formula is C18H24N2O3S. The third kappa shape index (κ3) is 3.80. The van der Waals surface area contributed by atoms with E-state index < -0.39 is 6.04 Å². The molecule has 1 atom stereocenters. The lowest BCUT2D eigenvalue weighted by atomic mass is 10.0. The summed E-state index contributed by atoms with van der Waals surface area (Å²) in [5, 5.41) is 5.01. The van der Waals surface area contributed by atoms with Crippen molar-refractivity contribution in [2.75, 3.05) is 13.2 Å². The average Bonchev–Trinajstić information content (AvgIpc) is 3.09. The van der Waals surface area contributed by atoms with Crippen molar-refractivity contribution in [1.82, 2.24) is 10.2 Å². The first-order valence-electron chi connectivity index (χ1n) is 8.64. The van der Waals surface area contributed by atoms with Gasteiger partial charge in [-0.2, -0.15) is 0 Å². The summed E-state index contributed by atoms with van der Waals surface area (Å²) in [4.78, 5) is 28.6. The number of ether oxygens (including phenoxy) is 1. The Morgan fingerprint density at radius 2 is 2.29 bits per heavy atom. The van der Waals surface area contributed by atoms with Crippen LogP contribution in [0.1, 0.15) is 43.0 Å². The van der Waals surface area contributed by atoms with Crippen LogP contribution in [0, 0.1) is 0 Å². The minimum absolute atomic E-state index is 0.0272. The van der Waals surface area contributed by atoms with Crippen molar-refractivity contribution in [3.8, 4) is 0 Å². The van der Waals surface area contributed by atoms with Gasteiger partial charge in [-0.1, -0.05) is 13.3 Å². The third-order valence-corrected chi connectivity index (χ3v) is 5.55. The van der Waals surface area contributed by atoms with Crippen molar-refractivity contribution in [1.29, 1.82) is 0 Å². The molecule has 1 N–H and O–H groups in total. The molecule has 0 saturated carbocycles. The first-order valence-corrected chi connectivity index (χ1v) is 9.52. The highest BCUT2D eigenvalue weighted by Crippen LogP contribution is 2.24. The van der Waals surface area contributed by atoms with Crippen molar-refractivity contribution < 1.29 is 14.3 Å². The van der Waals surface area contributed by atoms with E-state index in [4.69, 9.17) is 4.74 Å². The van der Waals surface area contributed by atoms with E-state index in [2.05, 4.69) is 16.8 Å². The average molecular weight is 348 g/mol. The molecule has 1 aromatic rings. The molecule has 2 amide bonds. The van der Waals surface area contributed by atoms with Gasteiger partial charge in [-0.05, 0) is 42.7 Å². The van der Waals surface area contributed by atoms with Crippen LogP contribution in [0.25, 0.3) is 0 Å². The molecule has 5 nitrogen and oxygen atoms in total. The van der Waals surface area contributed by atoms with Gasteiger partial charge in [0.2, 0.25) is 5.91 Å². The van der Waals surface area contributed by atoms with Crippen LogP contribution >= 0.6 is 11.3 Å². The van der Waals surface area contributed by atoms with Gasteiger partial charge < -0.3 is 15.0 Å². The summed E-state index contributed by atoms with van der Waals surface area (Å²) in [5.74, 6) is -0.144. The number of hydrogen-bond acceptors (Lipinski definition) is 4. The highest BCUT2D eigenvalue weighted by Gasteiger charge is 2.29. The number of carbonyl (C=O) groups is 2. The molecule has 0 saturated heterocycles. The molecule has 0 bridgehead atoms. The summed E-state index contributed by atoms with van der Waals surface area (Å²) in [5.41, 5.74) is 1.87. The van der Waals surface area contributed by atoms with Crippen LogP contribution < -0.4 is 5.32 Å². The molecule has 0 aliphatic carbocycles. The van der Waals surface area contributed by atoms with Crippen LogP contribution in [0.5, 0.6) is 0 Å². The van der Waals surface area contributed by atoms with Gasteiger partial charge in [0.05, 0.1) is 18.4 Å². The van der Waals surface area contributed by atoms with E-state index in [0.717, 1.165) is 25.8 Å². The Morgan fingerprint density at radius 1 is 1.42 bits per heavy atom. The normalized spacial score (nSPS) is 18.2. The molecule has 2 aliphatic heterocycles. The lowest BCUT2D eigenvalue weighted by Gasteiger charge is -2.31. The van der Waals surface area contributed by atoms with Crippen LogP contribution in [-0.2, 0) is 27.3 Å². The molecule has 0 radical (unpaired) electrons. The van der Waals surface area contributed by atoms with Gasteiger partial charge in [-0.25, -0.2) is 0 Å². The lowest BCUT2D eigenvalue weighted by molar-refractivity contribution is -0.136. The maximum Gasteiger partial charge on any atom is 0.250 e. The summed E-state index contributed by atoms with van der Waals surface area (Å²) in [6.45, 7) is 4.07. The van der Waals surface area contributed by atoms with Crippen LogP contribution in [0.15, 0.2) is 23.3 Å². The Hall–Kier alpha value is -1.82. The molecule has 24 heavy (non-hydrogen) atoms. The Morgan fingerprint density at radius 3 is 3.04 bits per heavy atom. The monoisotopic (exact) mass is 348 g/mol. The molecule has 0 unspecified atom stereocenters. The SMILES string of the molecule is CCC[C@@H](NC(=O)C1=COCCC1)C(=O)N1CCc2sccc2C1. The minimum Gasteiger partial charge on any atom is -0.501 e. The summed E-state index contributed by atoms with van der Waals surface area (Å²) >= 11 is 1.76. The first kappa shape index (κ1) is 17.0. The second kappa shape index (κ2) is 7.83. The largest absolute Gasteiger partial charge is 0.501 e. The molecule has 6 heteroatoms. The molecule has 3 heterocycles. The van der Waals surface area contributed by atoms with E-state index in [9.17, 15) is 9.59 Å². The molecule has 2 aliphatic rings. The number of rotatable bonds is 5. The number of carbonyl (C=O) groups excluding carboxylic acids is 2. The van der Waals surface area contributed by atoms with Gasteiger partial charge >= 0.3 is 0 Å². The van der Waals surface area contributed by atoms with Crippen LogP contribution in [0.4, 0.5) is 0 Å². The highest BCUT2D eigenvalue weighted by molar-refractivity contribution is 7.10. The molecule has 1 aromatic heterocycles. The van der Waals surface area contributed by atoms with Crippen molar-refractivity contribution in [2.45, 2.75) is 51.6 Å². The van der Waals surface area contributed by atoms with Crippen LogP contribution in [0.3, 0.4) is 0 Å². The van der Waals surface area contributed by atoms with Crippen molar-refractivity contribution in [3.05, 3.63) is 33.7 Å². The fourth-order valence-corrected chi connectivity index (χ4v) is 4.08.